The van der Waals surface area contributed by atoms with Crippen molar-refractivity contribution in [2.45, 2.75) is 12.5 Å². The van der Waals surface area contributed by atoms with E-state index in [9.17, 15) is 9.59 Å². The fourth-order valence-electron chi connectivity index (χ4n) is 2.70. The predicted octanol–water partition coefficient (Wildman–Crippen LogP) is 2.45. The Morgan fingerprint density at radius 1 is 1.00 bits per heavy atom. The first-order chi connectivity index (χ1) is 11.6. The van der Waals surface area contributed by atoms with E-state index >= 15 is 0 Å². The Morgan fingerprint density at radius 3 is 2.38 bits per heavy atom. The number of methoxy groups -OCH3 is 2. The van der Waals surface area contributed by atoms with Crippen LogP contribution in [0.25, 0.3) is 0 Å². The molecule has 1 aliphatic rings. The maximum Gasteiger partial charge on any atom is 0.256 e. The van der Waals surface area contributed by atoms with Gasteiger partial charge in [0.15, 0.2) is 0 Å². The van der Waals surface area contributed by atoms with Crippen LogP contribution in [0.5, 0.6) is 11.5 Å². The van der Waals surface area contributed by atoms with Crippen LogP contribution in [-0.4, -0.2) is 32.1 Å². The number of para-hydroxylation sites is 2. The summed E-state index contributed by atoms with van der Waals surface area (Å²) in [5, 5.41) is 3.10. The van der Waals surface area contributed by atoms with Crippen LogP contribution in [0.1, 0.15) is 6.42 Å². The lowest BCUT2D eigenvalue weighted by Gasteiger charge is -2.17. The first-order valence-electron chi connectivity index (χ1n) is 7.54. The van der Waals surface area contributed by atoms with Gasteiger partial charge in [0.25, 0.3) is 5.91 Å². The molecule has 124 valence electrons. The molecule has 1 saturated heterocycles. The lowest BCUT2D eigenvalue weighted by Crippen LogP contribution is -2.34. The summed E-state index contributed by atoms with van der Waals surface area (Å²) in [6.07, 6.45) is 0.100. The van der Waals surface area contributed by atoms with Crippen LogP contribution in [0, 0.1) is 0 Å². The maximum absolute atomic E-state index is 12.6. The van der Waals surface area contributed by atoms with Gasteiger partial charge in [-0.15, -0.1) is 0 Å². The fraction of sp³-hybridized carbons (Fsp3) is 0.222. The quantitative estimate of drug-likeness (QED) is 0.855. The maximum atomic E-state index is 12.6. The zero-order valence-corrected chi connectivity index (χ0v) is 13.5. The second-order valence-corrected chi connectivity index (χ2v) is 5.37. The van der Waals surface area contributed by atoms with Crippen molar-refractivity contribution in [1.82, 2.24) is 0 Å². The Morgan fingerprint density at radius 2 is 1.71 bits per heavy atom. The molecule has 0 aliphatic carbocycles. The van der Waals surface area contributed by atoms with E-state index in [1.165, 1.54) is 4.90 Å². The summed E-state index contributed by atoms with van der Waals surface area (Å²) < 4.78 is 10.4. The molecular weight excluding hydrogens is 308 g/mol. The second-order valence-electron chi connectivity index (χ2n) is 5.37. The molecule has 6 nitrogen and oxygen atoms in total. The van der Waals surface area contributed by atoms with Crippen molar-refractivity contribution >= 4 is 23.2 Å². The lowest BCUT2D eigenvalue weighted by atomic mass is 10.2. The van der Waals surface area contributed by atoms with Gasteiger partial charge < -0.3 is 14.8 Å². The van der Waals surface area contributed by atoms with Crippen LogP contribution >= 0.6 is 0 Å². The van der Waals surface area contributed by atoms with E-state index < -0.39 is 6.04 Å². The Labute approximate surface area is 140 Å². The van der Waals surface area contributed by atoms with Gasteiger partial charge in [-0.1, -0.05) is 12.1 Å². The van der Waals surface area contributed by atoms with Gasteiger partial charge in [0, 0.05) is 0 Å². The molecular formula is C18H18N2O4. The minimum atomic E-state index is -0.615. The van der Waals surface area contributed by atoms with E-state index in [0.29, 0.717) is 22.9 Å². The summed E-state index contributed by atoms with van der Waals surface area (Å²) in [7, 11) is 3.13. The third-order valence-corrected chi connectivity index (χ3v) is 3.91. The monoisotopic (exact) mass is 326 g/mol. The number of carbonyl (C=O) groups excluding carboxylic acids is 2. The molecule has 2 amide bonds. The van der Waals surface area contributed by atoms with Gasteiger partial charge in [0.2, 0.25) is 5.91 Å². The summed E-state index contributed by atoms with van der Waals surface area (Å²) in [5.41, 5.74) is 1.22. The van der Waals surface area contributed by atoms with Crippen molar-refractivity contribution in [1.29, 1.82) is 0 Å². The van der Waals surface area contributed by atoms with Crippen LogP contribution in [-0.2, 0) is 9.59 Å². The molecule has 1 atom stereocenters. The molecule has 3 rings (SSSR count). The molecule has 24 heavy (non-hydrogen) atoms. The molecule has 0 radical (unpaired) electrons. The van der Waals surface area contributed by atoms with Gasteiger partial charge in [-0.25, -0.2) is 4.90 Å². The van der Waals surface area contributed by atoms with Crippen molar-refractivity contribution in [3.63, 3.8) is 0 Å². The minimum absolute atomic E-state index is 0.100. The third kappa shape index (κ3) is 2.90. The molecule has 0 saturated carbocycles. The van der Waals surface area contributed by atoms with Gasteiger partial charge >= 0.3 is 0 Å². The Balaban J connectivity index is 1.80. The van der Waals surface area contributed by atoms with Crippen LogP contribution < -0.4 is 19.7 Å². The van der Waals surface area contributed by atoms with Gasteiger partial charge in [-0.05, 0) is 36.4 Å². The highest BCUT2D eigenvalue weighted by Crippen LogP contribution is 2.29. The van der Waals surface area contributed by atoms with Gasteiger partial charge in [-0.2, -0.15) is 0 Å². The van der Waals surface area contributed by atoms with E-state index in [2.05, 4.69) is 5.32 Å². The summed E-state index contributed by atoms with van der Waals surface area (Å²) in [6, 6.07) is 13.5. The van der Waals surface area contributed by atoms with E-state index in [-0.39, 0.29) is 18.2 Å². The van der Waals surface area contributed by atoms with E-state index in [1.54, 1.807) is 44.6 Å². The number of nitrogens with one attached hydrogen (secondary N) is 1. The number of benzene rings is 2. The molecule has 2 aromatic rings. The van der Waals surface area contributed by atoms with Crippen molar-refractivity contribution in [3.05, 3.63) is 48.5 Å². The standard InChI is InChI=1S/C18H18N2O4/c1-23-13-9-7-12(8-10-13)20-17(21)11-15(18(20)22)19-14-5-3-4-6-16(14)24-2/h3-10,15,19H,11H2,1-2H3/t15-/m1/s1. The molecule has 1 N–H and O–H groups in total. The fourth-order valence-corrected chi connectivity index (χ4v) is 2.70. The first kappa shape index (κ1) is 15.9. The second kappa shape index (κ2) is 6.62. The van der Waals surface area contributed by atoms with Crippen LogP contribution in [0.15, 0.2) is 48.5 Å². The van der Waals surface area contributed by atoms with Gasteiger partial charge in [0.1, 0.15) is 17.5 Å². The highest BCUT2D eigenvalue weighted by molar-refractivity contribution is 6.23. The molecule has 0 spiro atoms. The zero-order chi connectivity index (χ0) is 17.1. The predicted molar refractivity (Wildman–Crippen MR) is 90.5 cm³/mol. The highest BCUT2D eigenvalue weighted by atomic mass is 16.5. The molecule has 6 heteroatoms. The van der Waals surface area contributed by atoms with Crippen LogP contribution in [0.3, 0.4) is 0 Å². The molecule has 1 aliphatic heterocycles. The van der Waals surface area contributed by atoms with Crippen molar-refractivity contribution in [2.24, 2.45) is 0 Å². The Hall–Kier alpha value is -3.02. The largest absolute Gasteiger partial charge is 0.497 e. The number of anilines is 2. The number of nitrogens with zero attached hydrogens (tertiary/aromatic N) is 1. The molecule has 2 aromatic carbocycles. The first-order valence-corrected chi connectivity index (χ1v) is 7.54. The molecule has 0 aromatic heterocycles. The van der Waals surface area contributed by atoms with Crippen LogP contribution in [0.4, 0.5) is 11.4 Å². The minimum Gasteiger partial charge on any atom is -0.497 e. The highest BCUT2D eigenvalue weighted by Gasteiger charge is 2.39. The summed E-state index contributed by atoms with van der Waals surface area (Å²) in [5.74, 6) is 0.774. The summed E-state index contributed by atoms with van der Waals surface area (Å²) >= 11 is 0. The normalized spacial score (nSPS) is 17.1. The number of hydrogen-bond acceptors (Lipinski definition) is 5. The molecule has 0 unspecified atom stereocenters. The summed E-state index contributed by atoms with van der Waals surface area (Å²) in [4.78, 5) is 26.1. The zero-order valence-electron chi connectivity index (χ0n) is 13.5. The molecule has 0 bridgehead atoms. The molecule has 1 fully saturated rings. The average Bonchev–Trinajstić information content (AvgIpc) is 2.89. The van der Waals surface area contributed by atoms with E-state index in [1.807, 2.05) is 18.2 Å². The van der Waals surface area contributed by atoms with Gasteiger partial charge in [-0.3, -0.25) is 9.59 Å². The Bertz CT molecular complexity index is 758. The SMILES string of the molecule is COc1ccc(N2C(=O)C[C@@H](Nc3ccccc3OC)C2=O)cc1. The lowest BCUT2D eigenvalue weighted by molar-refractivity contribution is -0.121. The number of carbonyl (C=O) groups is 2. The third-order valence-electron chi connectivity index (χ3n) is 3.91. The van der Waals surface area contributed by atoms with Crippen molar-refractivity contribution < 1.29 is 19.1 Å². The van der Waals surface area contributed by atoms with Crippen molar-refractivity contribution in [2.75, 3.05) is 24.4 Å². The summed E-state index contributed by atoms with van der Waals surface area (Å²) in [6.45, 7) is 0. The molecule has 1 heterocycles. The van der Waals surface area contributed by atoms with E-state index in [4.69, 9.17) is 9.47 Å². The number of amides is 2. The number of imide groups is 1. The Kier molecular flexibility index (Phi) is 4.37. The number of hydrogen-bond donors (Lipinski definition) is 1. The smallest absolute Gasteiger partial charge is 0.256 e. The topological polar surface area (TPSA) is 67.9 Å². The van der Waals surface area contributed by atoms with Crippen molar-refractivity contribution in [3.8, 4) is 11.5 Å². The van der Waals surface area contributed by atoms with Crippen LogP contribution in [0.2, 0.25) is 0 Å². The number of rotatable bonds is 5. The number of ether oxygens (including phenoxy) is 2. The van der Waals surface area contributed by atoms with Gasteiger partial charge in [0.05, 0.1) is 32.0 Å². The average molecular weight is 326 g/mol. The van der Waals surface area contributed by atoms with E-state index in [0.717, 1.165) is 0 Å².